The van der Waals surface area contributed by atoms with E-state index in [1.807, 2.05) is 6.07 Å². The highest BCUT2D eigenvalue weighted by atomic mass is 15.2. The summed E-state index contributed by atoms with van der Waals surface area (Å²) in [6.45, 7) is 8.00. The zero-order chi connectivity index (χ0) is 11.7. The van der Waals surface area contributed by atoms with Crippen LogP contribution in [0.5, 0.6) is 0 Å². The third kappa shape index (κ3) is 2.01. The molecule has 2 heteroatoms. The van der Waals surface area contributed by atoms with Crippen LogP contribution in [-0.2, 0) is 0 Å². The molecule has 0 amide bonds. The second-order valence-corrected chi connectivity index (χ2v) is 5.10. The first-order valence-corrected chi connectivity index (χ1v) is 6.22. The number of nitrogens with two attached hydrogens (primary N) is 1. The maximum atomic E-state index is 5.89. The van der Waals surface area contributed by atoms with Gasteiger partial charge in [0.05, 0.1) is 0 Å². The standard InChI is InChI=1S/C14H22N2/c1-10-5-4-8-16(12(10)3)14-9-13(15)7-6-11(14)2/h6-7,9-10,12H,4-5,8,15H2,1-3H3. The van der Waals surface area contributed by atoms with Crippen molar-refractivity contribution in [1.29, 1.82) is 0 Å². The maximum absolute atomic E-state index is 5.89. The van der Waals surface area contributed by atoms with Crippen LogP contribution >= 0.6 is 0 Å². The second-order valence-electron chi connectivity index (χ2n) is 5.10. The van der Waals surface area contributed by atoms with Crippen molar-refractivity contribution in [1.82, 2.24) is 0 Å². The summed E-state index contributed by atoms with van der Waals surface area (Å²) in [5, 5.41) is 0. The fourth-order valence-corrected chi connectivity index (χ4v) is 2.61. The van der Waals surface area contributed by atoms with Crippen LogP contribution in [0, 0.1) is 12.8 Å². The summed E-state index contributed by atoms with van der Waals surface area (Å²) in [6, 6.07) is 6.84. The molecule has 1 aromatic rings. The summed E-state index contributed by atoms with van der Waals surface area (Å²) < 4.78 is 0. The number of rotatable bonds is 1. The van der Waals surface area contributed by atoms with Gasteiger partial charge in [0, 0.05) is 24.0 Å². The quantitative estimate of drug-likeness (QED) is 0.733. The number of nitrogen functional groups attached to an aromatic ring is 1. The van der Waals surface area contributed by atoms with Gasteiger partial charge in [0.2, 0.25) is 0 Å². The summed E-state index contributed by atoms with van der Waals surface area (Å²) in [6.07, 6.45) is 2.64. The lowest BCUT2D eigenvalue weighted by Crippen LogP contribution is -2.42. The highest BCUT2D eigenvalue weighted by Crippen LogP contribution is 2.31. The molecule has 0 spiro atoms. The third-order valence-electron chi connectivity index (χ3n) is 3.92. The number of piperidine rings is 1. The van der Waals surface area contributed by atoms with Crippen LogP contribution in [0.4, 0.5) is 11.4 Å². The minimum absolute atomic E-state index is 0.620. The fourth-order valence-electron chi connectivity index (χ4n) is 2.61. The van der Waals surface area contributed by atoms with Crippen LogP contribution < -0.4 is 10.6 Å². The van der Waals surface area contributed by atoms with Gasteiger partial charge in [0.15, 0.2) is 0 Å². The Kier molecular flexibility index (Phi) is 3.08. The van der Waals surface area contributed by atoms with Crippen molar-refractivity contribution in [2.45, 2.75) is 39.7 Å². The largest absolute Gasteiger partial charge is 0.399 e. The molecule has 2 unspecified atom stereocenters. The van der Waals surface area contributed by atoms with Crippen LogP contribution in [-0.4, -0.2) is 12.6 Å². The van der Waals surface area contributed by atoms with Crippen LogP contribution in [0.15, 0.2) is 18.2 Å². The zero-order valence-corrected chi connectivity index (χ0v) is 10.5. The molecule has 0 bridgehead atoms. The van der Waals surface area contributed by atoms with Crippen molar-refractivity contribution < 1.29 is 0 Å². The summed E-state index contributed by atoms with van der Waals surface area (Å²) in [5.41, 5.74) is 9.40. The lowest BCUT2D eigenvalue weighted by Gasteiger charge is -2.40. The molecule has 2 atom stereocenters. The summed E-state index contributed by atoms with van der Waals surface area (Å²) in [4.78, 5) is 2.51. The molecule has 0 saturated carbocycles. The molecular weight excluding hydrogens is 196 g/mol. The molecule has 0 radical (unpaired) electrons. The van der Waals surface area contributed by atoms with Gasteiger partial charge in [0.25, 0.3) is 0 Å². The smallest absolute Gasteiger partial charge is 0.0419 e. The van der Waals surface area contributed by atoms with Gasteiger partial charge in [-0.1, -0.05) is 13.0 Å². The molecule has 0 aromatic heterocycles. The van der Waals surface area contributed by atoms with Gasteiger partial charge < -0.3 is 10.6 Å². The first kappa shape index (κ1) is 11.3. The van der Waals surface area contributed by atoms with E-state index in [4.69, 9.17) is 5.73 Å². The number of nitrogens with zero attached hydrogens (tertiary/aromatic N) is 1. The molecular formula is C14H22N2. The van der Waals surface area contributed by atoms with Crippen molar-refractivity contribution in [3.05, 3.63) is 23.8 Å². The Hall–Kier alpha value is -1.18. The van der Waals surface area contributed by atoms with E-state index in [-0.39, 0.29) is 0 Å². The highest BCUT2D eigenvalue weighted by Gasteiger charge is 2.25. The van der Waals surface area contributed by atoms with Crippen molar-refractivity contribution in [2.75, 3.05) is 17.2 Å². The molecule has 1 heterocycles. The van der Waals surface area contributed by atoms with Crippen LogP contribution in [0.3, 0.4) is 0 Å². The first-order chi connectivity index (χ1) is 7.59. The molecule has 2 nitrogen and oxygen atoms in total. The zero-order valence-electron chi connectivity index (χ0n) is 10.5. The van der Waals surface area contributed by atoms with Crippen LogP contribution in [0.25, 0.3) is 0 Å². The number of hydrogen-bond donors (Lipinski definition) is 1. The molecule has 1 saturated heterocycles. The monoisotopic (exact) mass is 218 g/mol. The van der Waals surface area contributed by atoms with E-state index in [2.05, 4.69) is 37.8 Å². The average molecular weight is 218 g/mol. The SMILES string of the molecule is Cc1ccc(N)cc1N1CCCC(C)C1C. The Morgan fingerprint density at radius 2 is 2.06 bits per heavy atom. The van der Waals surface area contributed by atoms with E-state index < -0.39 is 0 Å². The van der Waals surface area contributed by atoms with E-state index >= 15 is 0 Å². The third-order valence-corrected chi connectivity index (χ3v) is 3.92. The molecule has 1 aliphatic heterocycles. The molecule has 1 aromatic carbocycles. The lowest BCUT2D eigenvalue weighted by molar-refractivity contribution is 0.363. The van der Waals surface area contributed by atoms with Gasteiger partial charge in [-0.25, -0.2) is 0 Å². The van der Waals surface area contributed by atoms with Crippen LogP contribution in [0.2, 0.25) is 0 Å². The van der Waals surface area contributed by atoms with Gasteiger partial charge in [-0.05, 0) is 50.3 Å². The van der Waals surface area contributed by atoms with E-state index in [0.29, 0.717) is 6.04 Å². The van der Waals surface area contributed by atoms with Gasteiger partial charge in [-0.15, -0.1) is 0 Å². The van der Waals surface area contributed by atoms with Gasteiger partial charge in [-0.2, -0.15) is 0 Å². The van der Waals surface area contributed by atoms with E-state index in [0.717, 1.165) is 18.2 Å². The Labute approximate surface area is 98.4 Å². The summed E-state index contributed by atoms with van der Waals surface area (Å²) in [7, 11) is 0. The number of aryl methyl sites for hydroxylation is 1. The Balaban J connectivity index is 2.31. The number of anilines is 2. The maximum Gasteiger partial charge on any atom is 0.0419 e. The Bertz CT molecular complexity index is 373. The number of benzene rings is 1. The average Bonchev–Trinajstić information content (AvgIpc) is 2.26. The predicted octanol–water partition coefficient (Wildman–Crippen LogP) is 3.20. The molecule has 1 aliphatic rings. The van der Waals surface area contributed by atoms with E-state index in [9.17, 15) is 0 Å². The van der Waals surface area contributed by atoms with Crippen molar-refractivity contribution in [3.63, 3.8) is 0 Å². The van der Waals surface area contributed by atoms with Gasteiger partial charge >= 0.3 is 0 Å². The van der Waals surface area contributed by atoms with E-state index in [1.54, 1.807) is 0 Å². The minimum Gasteiger partial charge on any atom is -0.399 e. The van der Waals surface area contributed by atoms with E-state index in [1.165, 1.54) is 24.1 Å². The molecule has 1 fully saturated rings. The number of hydrogen-bond acceptors (Lipinski definition) is 2. The van der Waals surface area contributed by atoms with Crippen LogP contribution in [0.1, 0.15) is 32.3 Å². The molecule has 16 heavy (non-hydrogen) atoms. The fraction of sp³-hybridized carbons (Fsp3) is 0.571. The highest BCUT2D eigenvalue weighted by molar-refractivity contribution is 5.61. The van der Waals surface area contributed by atoms with Crippen molar-refractivity contribution in [3.8, 4) is 0 Å². The first-order valence-electron chi connectivity index (χ1n) is 6.22. The van der Waals surface area contributed by atoms with Gasteiger partial charge in [0.1, 0.15) is 0 Å². The molecule has 0 aliphatic carbocycles. The van der Waals surface area contributed by atoms with Crippen molar-refractivity contribution >= 4 is 11.4 Å². The van der Waals surface area contributed by atoms with Gasteiger partial charge in [-0.3, -0.25) is 0 Å². The molecule has 2 N–H and O–H groups in total. The topological polar surface area (TPSA) is 29.3 Å². The normalized spacial score (nSPS) is 25.8. The predicted molar refractivity (Wildman–Crippen MR) is 70.8 cm³/mol. The summed E-state index contributed by atoms with van der Waals surface area (Å²) in [5.74, 6) is 0.773. The lowest BCUT2D eigenvalue weighted by atomic mass is 9.91. The second kappa shape index (κ2) is 4.36. The Morgan fingerprint density at radius 3 is 2.81 bits per heavy atom. The molecule has 2 rings (SSSR count). The Morgan fingerprint density at radius 1 is 1.31 bits per heavy atom. The summed E-state index contributed by atoms with van der Waals surface area (Å²) >= 11 is 0. The molecule has 88 valence electrons. The van der Waals surface area contributed by atoms with Crippen molar-refractivity contribution in [2.24, 2.45) is 5.92 Å². The minimum atomic E-state index is 0.620.